The quantitative estimate of drug-likeness (QED) is 0.280. The molecule has 208 valence electrons. The van der Waals surface area contributed by atoms with Crippen molar-refractivity contribution < 1.29 is 31.1 Å². The summed E-state index contributed by atoms with van der Waals surface area (Å²) in [4.78, 5) is 12.8. The predicted molar refractivity (Wildman–Crippen MR) is 153 cm³/mol. The summed E-state index contributed by atoms with van der Waals surface area (Å²) in [7, 11) is -3.63. The van der Waals surface area contributed by atoms with Crippen molar-refractivity contribution in [1.29, 1.82) is 0 Å². The maximum atomic E-state index is 13.2. The van der Waals surface area contributed by atoms with E-state index < -0.39 is 26.0 Å². The van der Waals surface area contributed by atoms with Gasteiger partial charge in [-0.15, -0.1) is 0 Å². The average Bonchev–Trinajstić information content (AvgIpc) is 2.97. The number of anilines is 3. The van der Waals surface area contributed by atoms with Gasteiger partial charge in [0.15, 0.2) is 0 Å². The van der Waals surface area contributed by atoms with Gasteiger partial charge in [-0.05, 0) is 66.7 Å². The van der Waals surface area contributed by atoms with Gasteiger partial charge in [-0.25, -0.2) is 16.8 Å². The first-order valence-electron chi connectivity index (χ1n) is 11.9. The molecule has 0 saturated heterocycles. The normalized spacial score (nSPS) is 11.4. The van der Waals surface area contributed by atoms with Crippen LogP contribution in [0.1, 0.15) is 10.4 Å². The minimum atomic E-state index is -3.99. The molecule has 0 aliphatic heterocycles. The number of nitrogens with one attached hydrogen (secondary N) is 2. The molecular weight excluding hydrogens is 554 g/mol. The number of sulfonamides is 2. The summed E-state index contributed by atoms with van der Waals surface area (Å²) in [6.07, 6.45) is 0. The highest BCUT2D eigenvalue weighted by Gasteiger charge is 2.24. The van der Waals surface area contributed by atoms with Crippen molar-refractivity contribution in [2.75, 3.05) is 35.6 Å². The number of carbonyl (C=O) groups is 1. The Morgan fingerprint density at radius 3 is 2.02 bits per heavy atom. The largest absolute Gasteiger partial charge is 0.495 e. The molecule has 0 saturated carbocycles. The summed E-state index contributed by atoms with van der Waals surface area (Å²) < 4.78 is 66.3. The fourth-order valence-corrected chi connectivity index (χ4v) is 6.15. The maximum absolute atomic E-state index is 13.2. The Morgan fingerprint density at radius 1 is 0.725 bits per heavy atom. The topological polar surface area (TPSA) is 131 Å². The first-order chi connectivity index (χ1) is 19.1. The third kappa shape index (κ3) is 6.03. The van der Waals surface area contributed by atoms with Crippen molar-refractivity contribution in [1.82, 2.24) is 0 Å². The van der Waals surface area contributed by atoms with E-state index in [0.717, 1.165) is 4.31 Å². The van der Waals surface area contributed by atoms with E-state index in [1.54, 1.807) is 54.6 Å². The van der Waals surface area contributed by atoms with Gasteiger partial charge in [-0.3, -0.25) is 13.8 Å². The highest BCUT2D eigenvalue weighted by Crippen LogP contribution is 2.31. The first kappa shape index (κ1) is 28.5. The Labute approximate surface area is 233 Å². The van der Waals surface area contributed by atoms with Crippen LogP contribution >= 0.6 is 0 Å². The molecule has 4 aromatic carbocycles. The molecule has 0 aromatic heterocycles. The van der Waals surface area contributed by atoms with Crippen molar-refractivity contribution in [2.24, 2.45) is 0 Å². The molecule has 1 amide bonds. The van der Waals surface area contributed by atoms with Crippen LogP contribution in [0.2, 0.25) is 0 Å². The molecule has 0 fully saturated rings. The Kier molecular flexibility index (Phi) is 8.31. The molecule has 0 aliphatic rings. The van der Waals surface area contributed by atoms with E-state index in [4.69, 9.17) is 9.47 Å². The number of hydrogen-bond donors (Lipinski definition) is 2. The molecule has 0 unspecified atom stereocenters. The Balaban J connectivity index is 1.50. The fraction of sp³-hybridized carbons (Fsp3) is 0.107. The van der Waals surface area contributed by atoms with Crippen molar-refractivity contribution >= 4 is 43.0 Å². The standard InChI is InChI=1S/C28H27N3O7S2/c1-31(25-12-5-7-14-27(25)38-3)40(35,36)22-17-15-20(16-18-22)28(32)29-21-9-8-10-23(19-21)39(33,34)30-24-11-4-6-13-26(24)37-2/h4-19,30H,1-3H3,(H,29,32). The lowest BCUT2D eigenvalue weighted by Crippen LogP contribution is -2.27. The van der Waals surface area contributed by atoms with E-state index in [9.17, 15) is 21.6 Å². The van der Waals surface area contributed by atoms with Gasteiger partial charge in [0, 0.05) is 18.3 Å². The number of carbonyl (C=O) groups excluding carboxylic acids is 1. The number of hydrogen-bond acceptors (Lipinski definition) is 7. The molecule has 0 aliphatic carbocycles. The lowest BCUT2D eigenvalue weighted by Gasteiger charge is -2.21. The molecule has 0 atom stereocenters. The Morgan fingerprint density at radius 2 is 1.35 bits per heavy atom. The number of methoxy groups -OCH3 is 2. The van der Waals surface area contributed by atoms with Gasteiger partial charge in [-0.1, -0.05) is 30.3 Å². The van der Waals surface area contributed by atoms with Gasteiger partial charge < -0.3 is 14.8 Å². The van der Waals surface area contributed by atoms with Crippen molar-refractivity contribution in [3.63, 3.8) is 0 Å². The van der Waals surface area contributed by atoms with Crippen LogP contribution in [0.15, 0.2) is 107 Å². The SMILES string of the molecule is COc1ccccc1NS(=O)(=O)c1cccc(NC(=O)c2ccc(S(=O)(=O)N(C)c3ccccc3OC)cc2)c1. The van der Waals surface area contributed by atoms with Crippen LogP contribution in [-0.2, 0) is 20.0 Å². The molecule has 0 bridgehead atoms. The number of amides is 1. The van der Waals surface area contributed by atoms with Crippen molar-refractivity contribution in [3.05, 3.63) is 103 Å². The van der Waals surface area contributed by atoms with Crippen LogP contribution in [-0.4, -0.2) is 44.0 Å². The average molecular weight is 582 g/mol. The molecule has 0 radical (unpaired) electrons. The third-order valence-corrected chi connectivity index (χ3v) is 9.10. The lowest BCUT2D eigenvalue weighted by molar-refractivity contribution is 0.102. The fourth-order valence-electron chi connectivity index (χ4n) is 3.83. The summed E-state index contributed by atoms with van der Waals surface area (Å²) >= 11 is 0. The number of rotatable bonds is 10. The van der Waals surface area contributed by atoms with E-state index in [1.807, 2.05) is 0 Å². The minimum absolute atomic E-state index is 0.0204. The molecule has 4 aromatic rings. The summed E-state index contributed by atoms with van der Waals surface area (Å²) in [6, 6.07) is 24.5. The minimum Gasteiger partial charge on any atom is -0.495 e. The monoisotopic (exact) mass is 581 g/mol. The number of ether oxygens (including phenoxy) is 2. The second-order valence-corrected chi connectivity index (χ2v) is 12.1. The van der Waals surface area contributed by atoms with E-state index in [-0.39, 0.29) is 26.7 Å². The molecule has 4 rings (SSSR count). The maximum Gasteiger partial charge on any atom is 0.264 e. The van der Waals surface area contributed by atoms with E-state index in [2.05, 4.69) is 10.0 Å². The van der Waals surface area contributed by atoms with Gasteiger partial charge in [0.25, 0.3) is 26.0 Å². The molecule has 2 N–H and O–H groups in total. The highest BCUT2D eigenvalue weighted by molar-refractivity contribution is 7.93. The number of nitrogens with zero attached hydrogens (tertiary/aromatic N) is 1. The van der Waals surface area contributed by atoms with Gasteiger partial charge >= 0.3 is 0 Å². The lowest BCUT2D eigenvalue weighted by atomic mass is 10.2. The summed E-state index contributed by atoms with van der Waals surface area (Å²) in [6.45, 7) is 0. The Hall–Kier alpha value is -4.55. The van der Waals surface area contributed by atoms with Crippen LogP contribution in [0, 0.1) is 0 Å². The van der Waals surface area contributed by atoms with E-state index in [0.29, 0.717) is 17.2 Å². The van der Waals surface area contributed by atoms with Gasteiger partial charge in [-0.2, -0.15) is 0 Å². The number of benzene rings is 4. The summed E-state index contributed by atoms with van der Waals surface area (Å²) in [5, 5.41) is 2.65. The number of para-hydroxylation sites is 4. The van der Waals surface area contributed by atoms with Crippen molar-refractivity contribution in [3.8, 4) is 11.5 Å². The highest BCUT2D eigenvalue weighted by atomic mass is 32.2. The second kappa shape index (κ2) is 11.7. The zero-order chi connectivity index (χ0) is 28.9. The first-order valence-corrected chi connectivity index (χ1v) is 14.8. The Bertz CT molecular complexity index is 1740. The van der Waals surface area contributed by atoms with Crippen LogP contribution < -0.4 is 23.8 Å². The zero-order valence-electron chi connectivity index (χ0n) is 21.9. The zero-order valence-corrected chi connectivity index (χ0v) is 23.5. The van der Waals surface area contributed by atoms with E-state index in [1.165, 1.54) is 63.7 Å². The van der Waals surface area contributed by atoms with Gasteiger partial charge in [0.05, 0.1) is 35.4 Å². The molecule has 0 heterocycles. The molecular formula is C28H27N3O7S2. The predicted octanol–water partition coefficient (Wildman–Crippen LogP) is 4.58. The molecule has 0 spiro atoms. The van der Waals surface area contributed by atoms with Crippen LogP contribution in [0.5, 0.6) is 11.5 Å². The summed E-state index contributed by atoms with van der Waals surface area (Å²) in [5.74, 6) is 0.205. The second-order valence-electron chi connectivity index (χ2n) is 8.46. The van der Waals surface area contributed by atoms with Crippen LogP contribution in [0.4, 0.5) is 17.1 Å². The van der Waals surface area contributed by atoms with E-state index >= 15 is 0 Å². The third-order valence-electron chi connectivity index (χ3n) is 5.95. The summed E-state index contributed by atoms with van der Waals surface area (Å²) in [5.41, 5.74) is 1.05. The molecule has 40 heavy (non-hydrogen) atoms. The molecule has 10 nitrogen and oxygen atoms in total. The van der Waals surface area contributed by atoms with Gasteiger partial charge in [0.2, 0.25) is 0 Å². The van der Waals surface area contributed by atoms with Crippen LogP contribution in [0.3, 0.4) is 0 Å². The smallest absolute Gasteiger partial charge is 0.264 e. The van der Waals surface area contributed by atoms with Crippen molar-refractivity contribution in [2.45, 2.75) is 9.79 Å². The van der Waals surface area contributed by atoms with Crippen LogP contribution in [0.25, 0.3) is 0 Å². The van der Waals surface area contributed by atoms with Gasteiger partial charge in [0.1, 0.15) is 11.5 Å². The molecule has 12 heteroatoms.